The second-order valence-corrected chi connectivity index (χ2v) is 3.55. The summed E-state index contributed by atoms with van der Waals surface area (Å²) in [6, 6.07) is 4.26. The van der Waals surface area contributed by atoms with Gasteiger partial charge in [0.05, 0.1) is 5.69 Å². The minimum absolute atomic E-state index is 0.191. The molecule has 88 valence electrons. The standard InChI is InChI=1S/C12H11FN2O2/c1-8-14-5-6-15(8)12-4-3-10(7-11(12)13)17-9(2)16/h3-7H,1-2H3. The topological polar surface area (TPSA) is 44.1 Å². The highest BCUT2D eigenvalue weighted by Gasteiger charge is 2.09. The number of hydrogen-bond donors (Lipinski definition) is 0. The molecule has 17 heavy (non-hydrogen) atoms. The maximum absolute atomic E-state index is 13.8. The van der Waals surface area contributed by atoms with Gasteiger partial charge in [-0.25, -0.2) is 9.37 Å². The van der Waals surface area contributed by atoms with Crippen LogP contribution >= 0.6 is 0 Å². The Morgan fingerprint density at radius 1 is 1.47 bits per heavy atom. The number of ether oxygens (including phenoxy) is 1. The van der Waals surface area contributed by atoms with Crippen LogP contribution in [0.3, 0.4) is 0 Å². The molecule has 1 heterocycles. The van der Waals surface area contributed by atoms with Crippen molar-refractivity contribution < 1.29 is 13.9 Å². The van der Waals surface area contributed by atoms with E-state index in [9.17, 15) is 9.18 Å². The average Bonchev–Trinajstić information content (AvgIpc) is 2.64. The fourth-order valence-corrected chi connectivity index (χ4v) is 1.55. The van der Waals surface area contributed by atoms with Gasteiger partial charge in [0, 0.05) is 25.4 Å². The van der Waals surface area contributed by atoms with Crippen LogP contribution in [-0.2, 0) is 4.79 Å². The largest absolute Gasteiger partial charge is 0.427 e. The number of carbonyl (C=O) groups is 1. The Hall–Kier alpha value is -2.17. The number of nitrogens with zero attached hydrogens (tertiary/aromatic N) is 2. The molecule has 0 radical (unpaired) electrons. The number of carbonyl (C=O) groups excluding carboxylic acids is 1. The minimum Gasteiger partial charge on any atom is -0.427 e. The third-order valence-electron chi connectivity index (χ3n) is 2.27. The summed E-state index contributed by atoms with van der Waals surface area (Å²) in [5.74, 6) is -0.0681. The van der Waals surface area contributed by atoms with E-state index in [1.54, 1.807) is 36.0 Å². The van der Waals surface area contributed by atoms with Crippen LogP contribution in [0, 0.1) is 12.7 Å². The molecule has 0 aliphatic carbocycles. The van der Waals surface area contributed by atoms with Gasteiger partial charge >= 0.3 is 5.97 Å². The van der Waals surface area contributed by atoms with Crippen molar-refractivity contribution in [1.29, 1.82) is 0 Å². The first-order valence-corrected chi connectivity index (χ1v) is 5.06. The van der Waals surface area contributed by atoms with Gasteiger partial charge in [-0.1, -0.05) is 0 Å². The van der Waals surface area contributed by atoms with Gasteiger partial charge in [-0.2, -0.15) is 0 Å². The molecule has 1 aromatic carbocycles. The van der Waals surface area contributed by atoms with Crippen molar-refractivity contribution in [2.24, 2.45) is 0 Å². The Labute approximate surface area is 97.7 Å². The van der Waals surface area contributed by atoms with Crippen LogP contribution in [0.1, 0.15) is 12.7 Å². The monoisotopic (exact) mass is 234 g/mol. The van der Waals surface area contributed by atoms with E-state index < -0.39 is 11.8 Å². The van der Waals surface area contributed by atoms with Crippen LogP contribution in [0.2, 0.25) is 0 Å². The summed E-state index contributed by atoms with van der Waals surface area (Å²) in [5, 5.41) is 0. The number of esters is 1. The molecule has 4 nitrogen and oxygen atoms in total. The number of aryl methyl sites for hydroxylation is 1. The Morgan fingerprint density at radius 3 is 2.76 bits per heavy atom. The van der Waals surface area contributed by atoms with E-state index in [1.807, 2.05) is 0 Å². The van der Waals surface area contributed by atoms with Crippen LogP contribution in [0.4, 0.5) is 4.39 Å². The quantitative estimate of drug-likeness (QED) is 0.591. The van der Waals surface area contributed by atoms with Gasteiger partial charge in [-0.15, -0.1) is 0 Å². The summed E-state index contributed by atoms with van der Waals surface area (Å²) >= 11 is 0. The van der Waals surface area contributed by atoms with Crippen LogP contribution in [0.25, 0.3) is 5.69 Å². The van der Waals surface area contributed by atoms with Crippen molar-refractivity contribution in [1.82, 2.24) is 9.55 Å². The lowest BCUT2D eigenvalue weighted by Gasteiger charge is -2.08. The highest BCUT2D eigenvalue weighted by atomic mass is 19.1. The molecule has 0 spiro atoms. The summed E-state index contributed by atoms with van der Waals surface area (Å²) in [7, 11) is 0. The molecule has 0 fully saturated rings. The van der Waals surface area contributed by atoms with E-state index in [-0.39, 0.29) is 5.75 Å². The SMILES string of the molecule is CC(=O)Oc1ccc(-n2ccnc2C)c(F)c1. The van der Waals surface area contributed by atoms with E-state index in [0.29, 0.717) is 11.5 Å². The maximum Gasteiger partial charge on any atom is 0.308 e. The molecular formula is C12H11FN2O2. The molecule has 0 saturated heterocycles. The van der Waals surface area contributed by atoms with Crippen LogP contribution in [0.5, 0.6) is 5.75 Å². The van der Waals surface area contributed by atoms with Gasteiger partial charge in [0.2, 0.25) is 0 Å². The summed E-state index contributed by atoms with van der Waals surface area (Å²) in [5.41, 5.74) is 0.371. The first-order chi connectivity index (χ1) is 8.08. The lowest BCUT2D eigenvalue weighted by Crippen LogP contribution is -2.03. The van der Waals surface area contributed by atoms with Gasteiger partial charge in [-0.05, 0) is 19.1 Å². The van der Waals surface area contributed by atoms with Crippen molar-refractivity contribution in [3.8, 4) is 11.4 Å². The smallest absolute Gasteiger partial charge is 0.308 e. The second-order valence-electron chi connectivity index (χ2n) is 3.55. The fourth-order valence-electron chi connectivity index (χ4n) is 1.55. The Morgan fingerprint density at radius 2 is 2.24 bits per heavy atom. The number of benzene rings is 1. The normalized spacial score (nSPS) is 10.3. The predicted molar refractivity (Wildman–Crippen MR) is 59.6 cm³/mol. The molecule has 0 bridgehead atoms. The van der Waals surface area contributed by atoms with E-state index in [2.05, 4.69) is 4.98 Å². The van der Waals surface area contributed by atoms with Gasteiger partial charge in [0.25, 0.3) is 0 Å². The molecule has 0 aliphatic heterocycles. The first-order valence-electron chi connectivity index (χ1n) is 5.06. The minimum atomic E-state index is -0.476. The van der Waals surface area contributed by atoms with Crippen molar-refractivity contribution in [2.45, 2.75) is 13.8 Å². The summed E-state index contributed by atoms with van der Waals surface area (Å²) < 4.78 is 20.2. The second kappa shape index (κ2) is 4.37. The highest BCUT2D eigenvalue weighted by Crippen LogP contribution is 2.20. The van der Waals surface area contributed by atoms with Gasteiger partial charge in [0.1, 0.15) is 11.6 Å². The molecule has 0 amide bonds. The molecule has 1 aromatic heterocycles. The Kier molecular flexibility index (Phi) is 2.91. The van der Waals surface area contributed by atoms with Crippen LogP contribution < -0.4 is 4.74 Å². The lowest BCUT2D eigenvalue weighted by atomic mass is 10.3. The summed E-state index contributed by atoms with van der Waals surface area (Å²) in [6.07, 6.45) is 3.26. The molecule has 0 atom stereocenters. The molecule has 0 N–H and O–H groups in total. The van der Waals surface area contributed by atoms with Crippen molar-refractivity contribution in [3.05, 3.63) is 42.2 Å². The third-order valence-corrected chi connectivity index (χ3v) is 2.27. The molecule has 0 unspecified atom stereocenters. The first kappa shape index (κ1) is 11.3. The molecule has 2 rings (SSSR count). The zero-order valence-electron chi connectivity index (χ0n) is 9.48. The van der Waals surface area contributed by atoms with Crippen molar-refractivity contribution in [3.63, 3.8) is 0 Å². The van der Waals surface area contributed by atoms with Gasteiger partial charge < -0.3 is 9.30 Å². The highest BCUT2D eigenvalue weighted by molar-refractivity contribution is 5.69. The van der Waals surface area contributed by atoms with Gasteiger partial charge in [-0.3, -0.25) is 4.79 Å². The zero-order valence-corrected chi connectivity index (χ0v) is 9.48. The summed E-state index contributed by atoms with van der Waals surface area (Å²) in [6.45, 7) is 3.05. The Bertz CT molecular complexity index is 563. The van der Waals surface area contributed by atoms with Crippen molar-refractivity contribution >= 4 is 5.97 Å². The summed E-state index contributed by atoms with van der Waals surface area (Å²) in [4.78, 5) is 14.7. The molecule has 2 aromatic rings. The van der Waals surface area contributed by atoms with E-state index in [1.165, 1.54) is 13.0 Å². The van der Waals surface area contributed by atoms with Crippen LogP contribution in [-0.4, -0.2) is 15.5 Å². The average molecular weight is 234 g/mol. The predicted octanol–water partition coefficient (Wildman–Crippen LogP) is 2.25. The van der Waals surface area contributed by atoms with E-state index in [0.717, 1.165) is 0 Å². The fraction of sp³-hybridized carbons (Fsp3) is 0.167. The number of halogens is 1. The van der Waals surface area contributed by atoms with Crippen molar-refractivity contribution in [2.75, 3.05) is 0 Å². The van der Waals surface area contributed by atoms with Crippen LogP contribution in [0.15, 0.2) is 30.6 Å². The maximum atomic E-state index is 13.8. The van der Waals surface area contributed by atoms with E-state index in [4.69, 9.17) is 4.74 Å². The molecule has 5 heteroatoms. The molecule has 0 aliphatic rings. The molecule has 0 saturated carbocycles. The lowest BCUT2D eigenvalue weighted by molar-refractivity contribution is -0.131. The number of aromatic nitrogens is 2. The number of hydrogen-bond acceptors (Lipinski definition) is 3. The number of imidazole rings is 1. The zero-order chi connectivity index (χ0) is 12.4. The third kappa shape index (κ3) is 2.33. The van der Waals surface area contributed by atoms with Gasteiger partial charge in [0.15, 0.2) is 5.82 Å². The van der Waals surface area contributed by atoms with E-state index >= 15 is 0 Å². The Balaban J connectivity index is 2.39. The molecular weight excluding hydrogens is 223 g/mol. The number of rotatable bonds is 2.